The van der Waals surface area contributed by atoms with Gasteiger partial charge in [-0.25, -0.2) is 15.0 Å². The maximum atomic E-state index is 6.22. The lowest BCUT2D eigenvalue weighted by atomic mass is 10.0. The van der Waals surface area contributed by atoms with Crippen LogP contribution in [0.15, 0.2) is 205 Å². The maximum absolute atomic E-state index is 6.22. The minimum Gasteiger partial charge on any atom is -0.456 e. The molecule has 6 nitrogen and oxygen atoms in total. The molecule has 4 aromatic heterocycles. The zero-order valence-electron chi connectivity index (χ0n) is 32.2. The molecule has 0 fully saturated rings. The van der Waals surface area contributed by atoms with Gasteiger partial charge in [0.25, 0.3) is 0 Å². The Morgan fingerprint density at radius 1 is 0.367 bits per heavy atom. The third kappa shape index (κ3) is 5.65. The zero-order valence-corrected chi connectivity index (χ0v) is 32.2. The Morgan fingerprint density at radius 3 is 1.80 bits per heavy atom. The normalized spacial score (nSPS) is 11.7. The van der Waals surface area contributed by atoms with Crippen molar-refractivity contribution in [2.75, 3.05) is 0 Å². The monoisotopic (exact) mass is 767 g/mol. The van der Waals surface area contributed by atoms with Gasteiger partial charge in [0.15, 0.2) is 17.5 Å². The number of pyridine rings is 1. The highest BCUT2D eigenvalue weighted by Gasteiger charge is 2.20. The maximum Gasteiger partial charge on any atom is 0.183 e. The van der Waals surface area contributed by atoms with Crippen LogP contribution in [0.2, 0.25) is 0 Å². The number of aromatic nitrogens is 5. The van der Waals surface area contributed by atoms with Gasteiger partial charge < -0.3 is 8.98 Å². The van der Waals surface area contributed by atoms with Crippen LogP contribution in [0.5, 0.6) is 0 Å². The molecule has 12 rings (SSSR count). The van der Waals surface area contributed by atoms with Crippen molar-refractivity contribution in [3.63, 3.8) is 0 Å². The van der Waals surface area contributed by atoms with Gasteiger partial charge in [0.05, 0.1) is 16.4 Å². The molecular formula is C54H33N5O. The van der Waals surface area contributed by atoms with Gasteiger partial charge in [-0.05, 0) is 75.5 Å². The Morgan fingerprint density at radius 2 is 0.967 bits per heavy atom. The van der Waals surface area contributed by atoms with Crippen LogP contribution in [0, 0.1) is 0 Å². The van der Waals surface area contributed by atoms with Gasteiger partial charge in [-0.1, -0.05) is 152 Å². The van der Waals surface area contributed by atoms with E-state index in [1.807, 2.05) is 36.4 Å². The molecule has 0 bridgehead atoms. The van der Waals surface area contributed by atoms with Crippen molar-refractivity contribution in [3.8, 4) is 62.2 Å². The van der Waals surface area contributed by atoms with E-state index < -0.39 is 0 Å². The van der Waals surface area contributed by atoms with E-state index in [1.165, 1.54) is 32.9 Å². The van der Waals surface area contributed by atoms with Crippen LogP contribution < -0.4 is 0 Å². The Bertz CT molecular complexity index is 3590. The predicted molar refractivity (Wildman–Crippen MR) is 244 cm³/mol. The summed E-state index contributed by atoms with van der Waals surface area (Å²) in [5, 5.41) is 6.60. The fraction of sp³-hybridized carbons (Fsp3) is 0. The van der Waals surface area contributed by atoms with E-state index in [2.05, 4.69) is 162 Å². The quantitative estimate of drug-likeness (QED) is 0.168. The summed E-state index contributed by atoms with van der Waals surface area (Å²) in [7, 11) is 0. The third-order valence-electron chi connectivity index (χ3n) is 11.5. The SMILES string of the molecule is c1ccc(-c2ccc3c4ccccc4n(-c4ccc(-c5ccc(-c6nc(-c7ccc8ccccc8c7)nc(-c7nccc8oc9ccccc9c78)n6)cc5)cc4)c3c2)cc1. The molecule has 8 aromatic carbocycles. The van der Waals surface area contributed by atoms with Gasteiger partial charge in [0.1, 0.15) is 16.9 Å². The van der Waals surface area contributed by atoms with Gasteiger partial charge >= 0.3 is 0 Å². The second kappa shape index (κ2) is 13.7. The fourth-order valence-electron chi connectivity index (χ4n) is 8.58. The highest BCUT2D eigenvalue weighted by molar-refractivity contribution is 6.11. The van der Waals surface area contributed by atoms with E-state index in [0.29, 0.717) is 23.2 Å². The summed E-state index contributed by atoms with van der Waals surface area (Å²) in [4.78, 5) is 20.1. The van der Waals surface area contributed by atoms with Gasteiger partial charge in [-0.2, -0.15) is 0 Å². The molecule has 0 spiro atoms. The molecule has 0 unspecified atom stereocenters. The van der Waals surface area contributed by atoms with Crippen LogP contribution in [0.3, 0.4) is 0 Å². The summed E-state index contributed by atoms with van der Waals surface area (Å²) >= 11 is 0. The molecule has 6 heteroatoms. The average molecular weight is 768 g/mol. The smallest absolute Gasteiger partial charge is 0.183 e. The average Bonchev–Trinajstić information content (AvgIpc) is 3.87. The van der Waals surface area contributed by atoms with Gasteiger partial charge in [-0.3, -0.25) is 4.98 Å². The van der Waals surface area contributed by atoms with E-state index in [9.17, 15) is 0 Å². The van der Waals surface area contributed by atoms with Crippen molar-refractivity contribution < 1.29 is 4.42 Å². The van der Waals surface area contributed by atoms with Crippen LogP contribution in [0.1, 0.15) is 0 Å². The predicted octanol–water partition coefficient (Wildman–Crippen LogP) is 13.8. The first-order valence-corrected chi connectivity index (χ1v) is 20.0. The summed E-state index contributed by atoms with van der Waals surface area (Å²) < 4.78 is 8.59. The molecule has 280 valence electrons. The minimum atomic E-state index is 0.487. The van der Waals surface area contributed by atoms with Crippen LogP contribution >= 0.6 is 0 Å². The first kappa shape index (κ1) is 33.9. The second-order valence-corrected chi connectivity index (χ2v) is 15.1. The minimum absolute atomic E-state index is 0.487. The molecule has 0 saturated heterocycles. The Kier molecular flexibility index (Phi) is 7.74. The van der Waals surface area contributed by atoms with Crippen LogP contribution in [0.4, 0.5) is 0 Å². The van der Waals surface area contributed by atoms with Gasteiger partial charge in [0, 0.05) is 39.2 Å². The molecule has 12 aromatic rings. The van der Waals surface area contributed by atoms with E-state index in [-0.39, 0.29) is 0 Å². The lowest BCUT2D eigenvalue weighted by Crippen LogP contribution is -2.01. The summed E-state index contributed by atoms with van der Waals surface area (Å²) in [6.45, 7) is 0. The number of rotatable bonds is 6. The van der Waals surface area contributed by atoms with Crippen molar-refractivity contribution in [1.82, 2.24) is 24.5 Å². The summed E-state index contributed by atoms with van der Waals surface area (Å²) in [5.41, 5.74) is 12.1. The standard InChI is InChI=1S/C54H33N5O/c1-2-10-34(11-3-1)40-26-29-44-43-14-6-8-16-46(43)59(47(44)33-40)42-27-24-37(25-28-42)36-18-21-38(22-19-36)52-56-53(41-23-20-35-12-4-5-13-39(35)32-41)58-54(57-52)51-50-45-15-7-9-17-48(45)60-49(50)30-31-55-51/h1-33H. The van der Waals surface area contributed by atoms with Crippen molar-refractivity contribution in [2.24, 2.45) is 0 Å². The first-order valence-electron chi connectivity index (χ1n) is 20.0. The fourth-order valence-corrected chi connectivity index (χ4v) is 8.58. The summed E-state index contributed by atoms with van der Waals surface area (Å²) in [6, 6.07) is 67.8. The van der Waals surface area contributed by atoms with Crippen LogP contribution in [-0.2, 0) is 0 Å². The third-order valence-corrected chi connectivity index (χ3v) is 11.5. The van der Waals surface area contributed by atoms with Crippen molar-refractivity contribution in [2.45, 2.75) is 0 Å². The Hall–Kier alpha value is -8.22. The number of furan rings is 1. The number of nitrogens with zero attached hydrogens (tertiary/aromatic N) is 5. The second-order valence-electron chi connectivity index (χ2n) is 15.1. The Balaban J connectivity index is 0.936. The summed E-state index contributed by atoms with van der Waals surface area (Å²) in [6.07, 6.45) is 1.75. The molecule has 4 heterocycles. The van der Waals surface area contributed by atoms with E-state index >= 15 is 0 Å². The number of fused-ring (bicyclic) bond motifs is 7. The molecule has 0 aliphatic carbocycles. The first-order chi connectivity index (χ1) is 29.7. The van der Waals surface area contributed by atoms with Gasteiger partial charge in [0.2, 0.25) is 0 Å². The molecule has 0 N–H and O–H groups in total. The molecular weight excluding hydrogens is 735 g/mol. The lowest BCUT2D eigenvalue weighted by molar-refractivity contribution is 0.668. The van der Waals surface area contributed by atoms with E-state index in [4.69, 9.17) is 24.4 Å². The topological polar surface area (TPSA) is 69.6 Å². The van der Waals surface area contributed by atoms with Crippen LogP contribution in [0.25, 0.3) is 117 Å². The Labute approximate surface area is 344 Å². The molecule has 0 aliphatic rings. The lowest BCUT2D eigenvalue weighted by Gasteiger charge is -2.11. The molecule has 0 atom stereocenters. The molecule has 60 heavy (non-hydrogen) atoms. The van der Waals surface area contributed by atoms with Crippen molar-refractivity contribution in [3.05, 3.63) is 200 Å². The molecule has 0 radical (unpaired) electrons. The highest BCUT2D eigenvalue weighted by atomic mass is 16.3. The highest BCUT2D eigenvalue weighted by Crippen LogP contribution is 2.37. The molecule has 0 saturated carbocycles. The molecule has 0 amide bonds. The number of hydrogen-bond acceptors (Lipinski definition) is 5. The molecule has 0 aliphatic heterocycles. The van der Waals surface area contributed by atoms with Crippen molar-refractivity contribution >= 4 is 54.5 Å². The zero-order chi connectivity index (χ0) is 39.6. The number of hydrogen-bond donors (Lipinski definition) is 0. The number of benzene rings is 8. The largest absolute Gasteiger partial charge is 0.456 e. The van der Waals surface area contributed by atoms with Gasteiger partial charge in [-0.15, -0.1) is 0 Å². The van der Waals surface area contributed by atoms with Crippen molar-refractivity contribution in [1.29, 1.82) is 0 Å². The summed E-state index contributed by atoms with van der Waals surface area (Å²) in [5.74, 6) is 1.63. The van der Waals surface area contributed by atoms with Crippen LogP contribution in [-0.4, -0.2) is 24.5 Å². The van der Waals surface area contributed by atoms with E-state index in [1.54, 1.807) is 6.20 Å². The number of para-hydroxylation sites is 2. The van der Waals surface area contributed by atoms with E-state index in [0.717, 1.165) is 60.7 Å².